The third-order valence-corrected chi connectivity index (χ3v) is 11.8. The predicted octanol–water partition coefficient (Wildman–Crippen LogP) is 15.3. The summed E-state index contributed by atoms with van der Waals surface area (Å²) in [5.41, 5.74) is 0. The van der Waals surface area contributed by atoms with E-state index >= 15 is 0 Å². The number of aliphatic hydroxyl groups is 2. The Hall–Kier alpha value is -2.10. The summed E-state index contributed by atoms with van der Waals surface area (Å²) in [6.45, 7) is 3.38. The van der Waals surface area contributed by atoms with Crippen molar-refractivity contribution >= 4 is 13.8 Å². The molecule has 0 aromatic carbocycles. The fourth-order valence-corrected chi connectivity index (χ4v) is 7.76. The van der Waals surface area contributed by atoms with Gasteiger partial charge in [0, 0.05) is 13.0 Å². The van der Waals surface area contributed by atoms with Crippen molar-refractivity contribution in [3.8, 4) is 0 Å². The van der Waals surface area contributed by atoms with E-state index in [2.05, 4.69) is 86.8 Å². The van der Waals surface area contributed by atoms with Crippen LogP contribution in [0.3, 0.4) is 0 Å². The van der Waals surface area contributed by atoms with E-state index in [4.69, 9.17) is 23.6 Å². The van der Waals surface area contributed by atoms with Gasteiger partial charge in [0.25, 0.3) is 0 Å². The standard InChI is InChI=1S/C54H97O9P/c1-3-5-7-9-11-13-15-17-19-21-23-25-27-29-31-33-35-37-39-41-43-45-47-60-50-53(51-62-64(58,59)61-49-52(56)48-55)63-54(57)46-44-42-40-38-36-34-32-30-28-26-24-22-20-18-16-14-12-10-8-6-4-2/h5,7,11,13,17,19,22-25,29,31,52-53,55-56H,3-4,6,8-10,12,14-16,18,20-21,26-28,30,32-51H2,1-2H3,(H,58,59)/b7-5-,13-11-,19-17-,24-22-,25-23-,31-29-. The lowest BCUT2D eigenvalue weighted by Crippen LogP contribution is -2.29. The van der Waals surface area contributed by atoms with Crippen molar-refractivity contribution in [1.29, 1.82) is 0 Å². The predicted molar refractivity (Wildman–Crippen MR) is 269 cm³/mol. The fourth-order valence-electron chi connectivity index (χ4n) is 6.97. The Balaban J connectivity index is 4.12. The molecule has 0 radical (unpaired) electrons. The first kappa shape index (κ1) is 61.9. The van der Waals surface area contributed by atoms with E-state index in [1.165, 1.54) is 122 Å². The molecule has 0 aromatic rings. The molecule has 3 atom stereocenters. The van der Waals surface area contributed by atoms with E-state index in [1.807, 2.05) is 0 Å². The van der Waals surface area contributed by atoms with Crippen LogP contribution in [0.25, 0.3) is 0 Å². The Morgan fingerprint density at radius 3 is 1.36 bits per heavy atom. The van der Waals surface area contributed by atoms with Gasteiger partial charge in [0.2, 0.25) is 0 Å². The SMILES string of the molecule is CC/C=C\C/C=C\C/C=C\C/C=C\C/C=C\CCCCCCCCOCC(COP(=O)(O)OCC(O)CO)OC(=O)CCCCCCCCCCC/C=C\CCCCCCCCCC. The molecule has 3 unspecified atom stereocenters. The average molecular weight is 921 g/mol. The van der Waals surface area contributed by atoms with Gasteiger partial charge in [-0.3, -0.25) is 13.8 Å². The maximum atomic E-state index is 12.7. The molecule has 0 fully saturated rings. The van der Waals surface area contributed by atoms with Gasteiger partial charge in [0.05, 0.1) is 26.4 Å². The molecule has 0 aromatic heterocycles. The van der Waals surface area contributed by atoms with Crippen molar-refractivity contribution in [2.45, 2.75) is 232 Å². The highest BCUT2D eigenvalue weighted by atomic mass is 31.2. The summed E-state index contributed by atoms with van der Waals surface area (Å²) >= 11 is 0. The van der Waals surface area contributed by atoms with Gasteiger partial charge in [-0.15, -0.1) is 0 Å². The van der Waals surface area contributed by atoms with Crippen molar-refractivity contribution in [2.24, 2.45) is 0 Å². The Morgan fingerprint density at radius 1 is 0.500 bits per heavy atom. The van der Waals surface area contributed by atoms with Gasteiger partial charge >= 0.3 is 13.8 Å². The number of hydrogen-bond donors (Lipinski definition) is 3. The number of hydrogen-bond acceptors (Lipinski definition) is 8. The molecular formula is C54H97O9P. The van der Waals surface area contributed by atoms with Gasteiger partial charge in [0.15, 0.2) is 0 Å². The van der Waals surface area contributed by atoms with Crippen LogP contribution in [0.1, 0.15) is 219 Å². The minimum Gasteiger partial charge on any atom is -0.457 e. The first-order valence-corrected chi connectivity index (χ1v) is 27.4. The second kappa shape index (κ2) is 50.3. The average Bonchev–Trinajstić information content (AvgIpc) is 3.29. The zero-order valence-corrected chi connectivity index (χ0v) is 41.9. The van der Waals surface area contributed by atoms with E-state index < -0.39 is 39.2 Å². The number of unbranched alkanes of at least 4 members (excludes halogenated alkanes) is 23. The summed E-state index contributed by atoms with van der Waals surface area (Å²) in [6, 6.07) is 0. The highest BCUT2D eigenvalue weighted by Gasteiger charge is 2.26. The van der Waals surface area contributed by atoms with Gasteiger partial charge in [-0.05, 0) is 83.5 Å². The number of phosphoric acid groups is 1. The Kier molecular flexibility index (Phi) is 48.7. The maximum absolute atomic E-state index is 12.7. The van der Waals surface area contributed by atoms with Crippen LogP contribution >= 0.6 is 7.82 Å². The quantitative estimate of drug-likeness (QED) is 0.0236. The molecule has 0 heterocycles. The van der Waals surface area contributed by atoms with Gasteiger partial charge < -0.3 is 24.6 Å². The summed E-state index contributed by atoms with van der Waals surface area (Å²) in [6.07, 6.45) is 61.5. The highest BCUT2D eigenvalue weighted by Crippen LogP contribution is 2.43. The molecule has 0 spiro atoms. The smallest absolute Gasteiger partial charge is 0.457 e. The molecule has 372 valence electrons. The molecule has 10 heteroatoms. The largest absolute Gasteiger partial charge is 0.472 e. The lowest BCUT2D eigenvalue weighted by Gasteiger charge is -2.20. The number of esters is 1. The molecule has 0 bridgehead atoms. The van der Waals surface area contributed by atoms with E-state index in [0.29, 0.717) is 6.61 Å². The summed E-state index contributed by atoms with van der Waals surface area (Å²) in [7, 11) is -4.53. The lowest BCUT2D eigenvalue weighted by atomic mass is 10.1. The maximum Gasteiger partial charge on any atom is 0.472 e. The zero-order valence-electron chi connectivity index (χ0n) is 41.0. The van der Waals surface area contributed by atoms with Crippen molar-refractivity contribution in [3.05, 3.63) is 72.9 Å². The van der Waals surface area contributed by atoms with Crippen molar-refractivity contribution in [3.63, 3.8) is 0 Å². The first-order valence-electron chi connectivity index (χ1n) is 25.9. The van der Waals surface area contributed by atoms with Crippen LogP contribution in [-0.2, 0) is 27.9 Å². The molecule has 0 aliphatic rings. The molecule has 0 saturated carbocycles. The van der Waals surface area contributed by atoms with Gasteiger partial charge in [-0.1, -0.05) is 202 Å². The Labute approximate surface area is 392 Å². The summed E-state index contributed by atoms with van der Waals surface area (Å²) in [4.78, 5) is 22.7. The number of rotatable bonds is 49. The second-order valence-corrected chi connectivity index (χ2v) is 18.6. The number of phosphoric ester groups is 1. The van der Waals surface area contributed by atoms with E-state index in [1.54, 1.807) is 0 Å². The molecule has 0 aliphatic heterocycles. The fraction of sp³-hybridized carbons (Fsp3) is 0.759. The molecule has 0 rings (SSSR count). The summed E-state index contributed by atoms with van der Waals surface area (Å²) in [5, 5.41) is 18.4. The number of allylic oxidation sites excluding steroid dienone is 12. The molecule has 9 nitrogen and oxygen atoms in total. The van der Waals surface area contributed by atoms with E-state index in [-0.39, 0.29) is 19.6 Å². The van der Waals surface area contributed by atoms with Gasteiger partial charge in [-0.25, -0.2) is 4.57 Å². The topological polar surface area (TPSA) is 132 Å². The minimum atomic E-state index is -4.53. The van der Waals surface area contributed by atoms with Gasteiger partial charge in [-0.2, -0.15) is 0 Å². The summed E-state index contributed by atoms with van der Waals surface area (Å²) < 4.78 is 33.5. The van der Waals surface area contributed by atoms with E-state index in [0.717, 1.165) is 77.0 Å². The number of carbonyl (C=O) groups is 1. The monoisotopic (exact) mass is 921 g/mol. The number of carbonyl (C=O) groups excluding carboxylic acids is 1. The van der Waals surface area contributed by atoms with Crippen LogP contribution in [0, 0.1) is 0 Å². The molecular weight excluding hydrogens is 824 g/mol. The molecule has 0 aliphatic carbocycles. The first-order chi connectivity index (χ1) is 31.3. The van der Waals surface area contributed by atoms with Crippen LogP contribution in [0.15, 0.2) is 72.9 Å². The molecule has 64 heavy (non-hydrogen) atoms. The molecule has 0 amide bonds. The van der Waals surface area contributed by atoms with Gasteiger partial charge in [0.1, 0.15) is 12.2 Å². The number of ether oxygens (including phenoxy) is 2. The Bertz CT molecular complexity index is 1230. The third kappa shape index (κ3) is 49.3. The number of aliphatic hydroxyl groups excluding tert-OH is 2. The van der Waals surface area contributed by atoms with Crippen molar-refractivity contribution in [2.75, 3.05) is 33.0 Å². The molecule has 0 saturated heterocycles. The molecule has 3 N–H and O–H groups in total. The normalized spacial score (nSPS) is 14.4. The lowest BCUT2D eigenvalue weighted by molar-refractivity contribution is -0.154. The van der Waals surface area contributed by atoms with Crippen LogP contribution in [-0.4, -0.2) is 66.3 Å². The minimum absolute atomic E-state index is 0.0356. The van der Waals surface area contributed by atoms with Crippen molar-refractivity contribution in [1.82, 2.24) is 0 Å². The highest BCUT2D eigenvalue weighted by molar-refractivity contribution is 7.47. The van der Waals surface area contributed by atoms with Crippen LogP contribution in [0.5, 0.6) is 0 Å². The van der Waals surface area contributed by atoms with Crippen LogP contribution in [0.2, 0.25) is 0 Å². The van der Waals surface area contributed by atoms with E-state index in [9.17, 15) is 19.4 Å². The van der Waals surface area contributed by atoms with Crippen LogP contribution in [0.4, 0.5) is 0 Å². The second-order valence-electron chi connectivity index (χ2n) is 17.2. The third-order valence-electron chi connectivity index (χ3n) is 10.9. The Morgan fingerprint density at radius 2 is 0.891 bits per heavy atom. The van der Waals surface area contributed by atoms with Crippen molar-refractivity contribution < 1.29 is 43.0 Å². The van der Waals surface area contributed by atoms with Crippen LogP contribution < -0.4 is 0 Å². The summed E-state index contributed by atoms with van der Waals surface area (Å²) in [5.74, 6) is -0.391. The zero-order chi connectivity index (χ0) is 46.7.